The molecule has 1 aromatic carbocycles. The molecule has 0 aromatic heterocycles. The zero-order valence-electron chi connectivity index (χ0n) is 19.4. The third-order valence-electron chi connectivity index (χ3n) is 6.67. The second-order valence-corrected chi connectivity index (χ2v) is 9.16. The van der Waals surface area contributed by atoms with Gasteiger partial charge in [0.05, 0.1) is 5.56 Å². The third-order valence-corrected chi connectivity index (χ3v) is 6.67. The zero-order valence-corrected chi connectivity index (χ0v) is 19.4. The molecule has 0 aliphatic carbocycles. The first kappa shape index (κ1) is 25.7. The summed E-state index contributed by atoms with van der Waals surface area (Å²) >= 11 is 0. The first-order chi connectivity index (χ1) is 15.6. The van der Waals surface area contributed by atoms with Gasteiger partial charge in [-0.25, -0.2) is 4.39 Å². The predicted octanol–water partition coefficient (Wildman–Crippen LogP) is 5.17. The van der Waals surface area contributed by atoms with Crippen molar-refractivity contribution in [2.24, 2.45) is 5.73 Å². The lowest BCUT2D eigenvalue weighted by molar-refractivity contribution is -0.137. The van der Waals surface area contributed by atoms with Crippen LogP contribution in [0.25, 0.3) is 0 Å². The Morgan fingerprint density at radius 2 is 2.03 bits per heavy atom. The summed E-state index contributed by atoms with van der Waals surface area (Å²) in [5.41, 5.74) is 7.71. The zero-order chi connectivity index (χ0) is 24.2. The van der Waals surface area contributed by atoms with Crippen LogP contribution in [0.1, 0.15) is 57.1 Å². The topological polar surface area (TPSA) is 52.7 Å². The lowest BCUT2D eigenvalue weighted by Crippen LogP contribution is -2.48. The largest absolute Gasteiger partial charge is 0.416 e. The molecule has 2 aliphatic heterocycles. The minimum atomic E-state index is -4.37. The average Bonchev–Trinajstić information content (AvgIpc) is 3.21. The fraction of sp³-hybridized carbons (Fsp3) is 0.600. The summed E-state index contributed by atoms with van der Waals surface area (Å²) in [6.07, 6.45) is 2.39. The number of hydrogen-bond acceptors (Lipinski definition) is 4. The van der Waals surface area contributed by atoms with Gasteiger partial charge in [0.2, 0.25) is 0 Å². The Morgan fingerprint density at radius 1 is 1.27 bits per heavy atom. The van der Waals surface area contributed by atoms with Gasteiger partial charge < -0.3 is 15.7 Å². The van der Waals surface area contributed by atoms with Crippen LogP contribution in [-0.2, 0) is 12.6 Å². The van der Waals surface area contributed by atoms with Crippen LogP contribution in [0.15, 0.2) is 41.8 Å². The molecule has 2 heterocycles. The smallest absolute Gasteiger partial charge is 0.378 e. The van der Waals surface area contributed by atoms with Crippen LogP contribution in [0.5, 0.6) is 0 Å². The van der Waals surface area contributed by atoms with Crippen LogP contribution in [0.4, 0.5) is 23.2 Å². The van der Waals surface area contributed by atoms with Gasteiger partial charge in [-0.05, 0) is 69.2 Å². The number of fused-ring (bicyclic) bond motifs is 1. The number of aliphatic hydroxyl groups is 1. The molecule has 3 atom stereocenters. The molecular formula is C25H35F4N3O. The lowest BCUT2D eigenvalue weighted by atomic mass is 9.98. The molecule has 4 nitrogen and oxygen atoms in total. The van der Waals surface area contributed by atoms with Crippen molar-refractivity contribution >= 4 is 5.69 Å². The van der Waals surface area contributed by atoms with Crippen molar-refractivity contribution in [3.05, 3.63) is 52.9 Å². The Labute approximate surface area is 193 Å². The molecule has 1 fully saturated rings. The molecule has 33 heavy (non-hydrogen) atoms. The van der Waals surface area contributed by atoms with E-state index in [2.05, 4.69) is 0 Å². The number of nitrogens with two attached hydrogens (primary N) is 1. The van der Waals surface area contributed by atoms with E-state index in [0.717, 1.165) is 37.3 Å². The van der Waals surface area contributed by atoms with E-state index in [-0.39, 0.29) is 11.9 Å². The summed E-state index contributed by atoms with van der Waals surface area (Å²) < 4.78 is 53.5. The van der Waals surface area contributed by atoms with Gasteiger partial charge in [-0.2, -0.15) is 13.2 Å². The third kappa shape index (κ3) is 6.58. The highest BCUT2D eigenvalue weighted by Crippen LogP contribution is 2.36. The van der Waals surface area contributed by atoms with E-state index in [1.165, 1.54) is 13.0 Å². The number of aliphatic hydroxyl groups excluding tert-OH is 1. The highest BCUT2D eigenvalue weighted by molar-refractivity contribution is 5.58. The van der Waals surface area contributed by atoms with Crippen LogP contribution >= 0.6 is 0 Å². The molecule has 3 N–H and O–H groups in total. The number of allylic oxidation sites excluding steroid dienone is 3. The van der Waals surface area contributed by atoms with Crippen molar-refractivity contribution < 1.29 is 22.7 Å². The fourth-order valence-corrected chi connectivity index (χ4v) is 5.01. The fourth-order valence-electron chi connectivity index (χ4n) is 5.01. The number of nitrogens with zero attached hydrogens (tertiary/aromatic N) is 2. The number of rotatable bonds is 8. The van der Waals surface area contributed by atoms with Crippen molar-refractivity contribution in [2.45, 2.75) is 76.9 Å². The van der Waals surface area contributed by atoms with E-state index in [4.69, 9.17) is 5.73 Å². The van der Waals surface area contributed by atoms with Gasteiger partial charge in [-0.1, -0.05) is 18.2 Å². The Kier molecular flexibility index (Phi) is 8.59. The molecule has 184 valence electrons. The van der Waals surface area contributed by atoms with Gasteiger partial charge in [0.15, 0.2) is 0 Å². The average molecular weight is 470 g/mol. The molecule has 0 spiro atoms. The van der Waals surface area contributed by atoms with Crippen molar-refractivity contribution in [3.63, 3.8) is 0 Å². The molecule has 0 bridgehead atoms. The maximum atomic E-state index is 13.7. The minimum Gasteiger partial charge on any atom is -0.378 e. The lowest BCUT2D eigenvalue weighted by Gasteiger charge is -2.38. The van der Waals surface area contributed by atoms with E-state index < -0.39 is 24.0 Å². The minimum absolute atomic E-state index is 0.0288. The van der Waals surface area contributed by atoms with E-state index in [9.17, 15) is 22.7 Å². The van der Waals surface area contributed by atoms with Gasteiger partial charge in [-0.15, -0.1) is 0 Å². The molecule has 3 rings (SSSR count). The summed E-state index contributed by atoms with van der Waals surface area (Å²) in [4.78, 5) is 4.03. The summed E-state index contributed by atoms with van der Waals surface area (Å²) in [6.45, 7) is 5.18. The molecule has 1 aromatic rings. The first-order valence-corrected chi connectivity index (χ1v) is 11.7. The molecule has 1 saturated heterocycles. The van der Waals surface area contributed by atoms with Crippen molar-refractivity contribution in [1.82, 2.24) is 4.90 Å². The second-order valence-electron chi connectivity index (χ2n) is 9.16. The molecule has 8 heteroatoms. The highest BCUT2D eigenvalue weighted by Gasteiger charge is 2.35. The quantitative estimate of drug-likeness (QED) is 0.408. The molecule has 0 saturated carbocycles. The number of anilines is 1. The van der Waals surface area contributed by atoms with Gasteiger partial charge in [-0.3, -0.25) is 4.90 Å². The summed E-state index contributed by atoms with van der Waals surface area (Å²) in [7, 11) is 0. The van der Waals surface area contributed by atoms with Gasteiger partial charge in [0.25, 0.3) is 0 Å². The van der Waals surface area contributed by atoms with Crippen LogP contribution in [0.3, 0.4) is 0 Å². The predicted molar refractivity (Wildman–Crippen MR) is 124 cm³/mol. The number of benzene rings is 1. The first-order valence-electron chi connectivity index (χ1n) is 11.7. The number of alkyl halides is 3. The van der Waals surface area contributed by atoms with E-state index in [1.54, 1.807) is 18.2 Å². The second kappa shape index (κ2) is 11.0. The molecule has 0 radical (unpaired) electrons. The van der Waals surface area contributed by atoms with Crippen LogP contribution in [0.2, 0.25) is 0 Å². The van der Waals surface area contributed by atoms with Gasteiger partial charge in [0.1, 0.15) is 12.1 Å². The number of likely N-dealkylation sites (tertiary alicyclic amines) is 1. The molecular weight excluding hydrogens is 434 g/mol. The normalized spacial score (nSPS) is 22.4. The van der Waals surface area contributed by atoms with Crippen LogP contribution in [-0.4, -0.2) is 48.0 Å². The van der Waals surface area contributed by atoms with E-state index >= 15 is 0 Å². The highest BCUT2D eigenvalue weighted by atomic mass is 19.4. The number of aryl methyl sites for hydroxylation is 1. The Hall–Kier alpha value is -1.90. The standard InChI is InChI=1S/C25H35F4N3O/c1-3-6-19(17(2)26)13-21(30)15-24(33)32-12-5-8-22(32)16-31-11-4-7-18-9-10-20(14-23(18)31)25(27,28)29/h3,6,9-10,14,21-22,24,33H,4-5,7-8,11-13,15-16,30H2,1-2H3/b6-3-,19-17-/t21-,22+,24?/m1/s1. The maximum absolute atomic E-state index is 13.7. The summed E-state index contributed by atoms with van der Waals surface area (Å²) in [5.74, 6) is -0.279. The molecule has 2 aliphatic rings. The summed E-state index contributed by atoms with van der Waals surface area (Å²) in [6, 6.07) is 3.64. The molecule has 0 amide bonds. The Bertz CT molecular complexity index is 864. The SMILES string of the molecule is C/C=C\C(C[C@@H](N)CC(O)N1CCC[C@H]1CN1CCCc2ccc(C(F)(F)F)cc21)=C(/C)F. The van der Waals surface area contributed by atoms with Crippen LogP contribution < -0.4 is 10.6 Å². The van der Waals surface area contributed by atoms with E-state index in [0.29, 0.717) is 43.7 Å². The molecule has 1 unspecified atom stereocenters. The Morgan fingerprint density at radius 3 is 2.70 bits per heavy atom. The maximum Gasteiger partial charge on any atom is 0.416 e. The van der Waals surface area contributed by atoms with Gasteiger partial charge >= 0.3 is 6.18 Å². The van der Waals surface area contributed by atoms with Crippen molar-refractivity contribution in [1.29, 1.82) is 0 Å². The van der Waals surface area contributed by atoms with Crippen LogP contribution in [0, 0.1) is 0 Å². The summed E-state index contributed by atoms with van der Waals surface area (Å²) in [5, 5.41) is 10.9. The van der Waals surface area contributed by atoms with Crippen molar-refractivity contribution in [3.8, 4) is 0 Å². The Balaban J connectivity index is 1.67. The van der Waals surface area contributed by atoms with Crippen molar-refractivity contribution in [2.75, 3.05) is 24.5 Å². The number of hydrogen-bond donors (Lipinski definition) is 2. The van der Waals surface area contributed by atoms with E-state index in [1.807, 2.05) is 16.7 Å². The van der Waals surface area contributed by atoms with Gasteiger partial charge in [0, 0.05) is 43.8 Å². The monoisotopic (exact) mass is 469 g/mol. The number of halogens is 4.